The molecule has 1 aromatic rings. The van der Waals surface area contributed by atoms with Gasteiger partial charge in [0, 0.05) is 17.5 Å². The number of carbonyl (C=O) groups is 1. The van der Waals surface area contributed by atoms with Crippen LogP contribution in [0.3, 0.4) is 0 Å². The van der Waals surface area contributed by atoms with E-state index in [0.29, 0.717) is 21.5 Å². The Morgan fingerprint density at radius 2 is 2.18 bits per heavy atom. The zero-order valence-electron chi connectivity index (χ0n) is 9.37. The van der Waals surface area contributed by atoms with Gasteiger partial charge < -0.3 is 11.1 Å². The van der Waals surface area contributed by atoms with Crippen LogP contribution in [0.1, 0.15) is 6.92 Å². The Morgan fingerprint density at radius 3 is 2.76 bits per heavy atom. The van der Waals surface area contributed by atoms with E-state index in [1.54, 1.807) is 18.2 Å². The maximum Gasteiger partial charge on any atom is 0.234 e. The standard InChI is InChI=1S/C11H14Cl2N2OS/c1-7(14)5-17-6-11(16)15-8-2-3-9(12)10(13)4-8/h2-4,7H,5-6,14H2,1H3,(H,15,16). The molecule has 1 unspecified atom stereocenters. The van der Waals surface area contributed by atoms with Gasteiger partial charge >= 0.3 is 0 Å². The quantitative estimate of drug-likeness (QED) is 0.877. The van der Waals surface area contributed by atoms with Gasteiger partial charge in [-0.25, -0.2) is 0 Å². The Labute approximate surface area is 115 Å². The molecule has 6 heteroatoms. The van der Waals surface area contributed by atoms with Gasteiger partial charge in [0.1, 0.15) is 0 Å². The molecule has 3 nitrogen and oxygen atoms in total. The van der Waals surface area contributed by atoms with Crippen LogP contribution in [-0.2, 0) is 4.79 Å². The minimum atomic E-state index is -0.0750. The molecule has 0 aromatic heterocycles. The van der Waals surface area contributed by atoms with Crippen LogP contribution >= 0.6 is 35.0 Å². The monoisotopic (exact) mass is 292 g/mol. The molecule has 0 spiro atoms. The number of rotatable bonds is 5. The summed E-state index contributed by atoms with van der Waals surface area (Å²) in [7, 11) is 0. The predicted octanol–water partition coefficient (Wildman–Crippen LogP) is 3.01. The number of carbonyl (C=O) groups excluding carboxylic acids is 1. The van der Waals surface area contributed by atoms with Gasteiger partial charge in [0.2, 0.25) is 5.91 Å². The molecule has 94 valence electrons. The van der Waals surface area contributed by atoms with Crippen LogP contribution in [0, 0.1) is 0 Å². The fraction of sp³-hybridized carbons (Fsp3) is 0.364. The molecule has 0 aliphatic rings. The van der Waals surface area contributed by atoms with Crippen molar-refractivity contribution in [2.45, 2.75) is 13.0 Å². The topological polar surface area (TPSA) is 55.1 Å². The number of halogens is 2. The lowest BCUT2D eigenvalue weighted by Crippen LogP contribution is -2.20. The lowest BCUT2D eigenvalue weighted by atomic mass is 10.3. The third-order valence-corrected chi connectivity index (χ3v) is 3.78. The third-order valence-electron chi connectivity index (χ3n) is 1.82. The molecule has 17 heavy (non-hydrogen) atoms. The Balaban J connectivity index is 2.42. The highest BCUT2D eigenvalue weighted by Gasteiger charge is 2.05. The number of amides is 1. The summed E-state index contributed by atoms with van der Waals surface area (Å²) in [6, 6.07) is 5.08. The number of nitrogens with two attached hydrogens (primary N) is 1. The third kappa shape index (κ3) is 5.64. The van der Waals surface area contributed by atoms with Crippen molar-refractivity contribution < 1.29 is 4.79 Å². The zero-order valence-corrected chi connectivity index (χ0v) is 11.7. The second-order valence-corrected chi connectivity index (χ2v) is 5.51. The molecular formula is C11H14Cl2N2OS. The highest BCUT2D eigenvalue weighted by molar-refractivity contribution is 8.00. The first-order valence-electron chi connectivity index (χ1n) is 5.07. The van der Waals surface area contributed by atoms with Crippen LogP contribution in [0.4, 0.5) is 5.69 Å². The summed E-state index contributed by atoms with van der Waals surface area (Å²) < 4.78 is 0. The number of hydrogen-bond acceptors (Lipinski definition) is 3. The van der Waals surface area contributed by atoms with Crippen molar-refractivity contribution in [3.8, 4) is 0 Å². The Bertz CT molecular complexity index is 399. The first-order chi connectivity index (χ1) is 7.99. The van der Waals surface area contributed by atoms with Gasteiger partial charge in [-0.1, -0.05) is 23.2 Å². The smallest absolute Gasteiger partial charge is 0.234 e. The Hall–Kier alpha value is -0.420. The number of nitrogens with one attached hydrogen (secondary N) is 1. The normalized spacial score (nSPS) is 12.2. The summed E-state index contributed by atoms with van der Waals surface area (Å²) in [5, 5.41) is 3.63. The number of hydrogen-bond donors (Lipinski definition) is 2. The molecule has 1 amide bonds. The summed E-state index contributed by atoms with van der Waals surface area (Å²) in [5.41, 5.74) is 6.23. The van der Waals surface area contributed by atoms with E-state index in [1.165, 1.54) is 11.8 Å². The van der Waals surface area contributed by atoms with Crippen LogP contribution < -0.4 is 11.1 Å². The van der Waals surface area contributed by atoms with Gasteiger partial charge in [-0.3, -0.25) is 4.79 Å². The molecule has 0 bridgehead atoms. The van der Waals surface area contributed by atoms with Gasteiger partial charge in [-0.15, -0.1) is 0 Å². The van der Waals surface area contributed by atoms with Crippen LogP contribution in [0.5, 0.6) is 0 Å². The van der Waals surface area contributed by atoms with E-state index >= 15 is 0 Å². The molecule has 0 radical (unpaired) electrons. The predicted molar refractivity (Wildman–Crippen MR) is 76.1 cm³/mol. The van der Waals surface area contributed by atoms with Crippen molar-refractivity contribution >= 4 is 46.6 Å². The van der Waals surface area contributed by atoms with Gasteiger partial charge in [0.15, 0.2) is 0 Å². The van der Waals surface area contributed by atoms with E-state index < -0.39 is 0 Å². The Kier molecular flexibility index (Phi) is 6.12. The molecule has 0 heterocycles. The maximum atomic E-state index is 11.5. The second-order valence-electron chi connectivity index (χ2n) is 3.67. The summed E-state index contributed by atoms with van der Waals surface area (Å²) in [5.74, 6) is 1.06. The summed E-state index contributed by atoms with van der Waals surface area (Å²) in [6.45, 7) is 1.91. The minimum Gasteiger partial charge on any atom is -0.327 e. The van der Waals surface area contributed by atoms with E-state index in [9.17, 15) is 4.79 Å². The van der Waals surface area contributed by atoms with Gasteiger partial charge in [-0.2, -0.15) is 11.8 Å². The number of benzene rings is 1. The average molecular weight is 293 g/mol. The first kappa shape index (κ1) is 14.6. The number of anilines is 1. The largest absolute Gasteiger partial charge is 0.327 e. The summed E-state index contributed by atoms with van der Waals surface area (Å²) in [4.78, 5) is 11.5. The van der Waals surface area contributed by atoms with Crippen LogP contribution in [0.25, 0.3) is 0 Å². The van der Waals surface area contributed by atoms with E-state index in [2.05, 4.69) is 5.32 Å². The minimum absolute atomic E-state index is 0.0750. The summed E-state index contributed by atoms with van der Waals surface area (Å²) >= 11 is 13.1. The lowest BCUT2D eigenvalue weighted by Gasteiger charge is -2.07. The molecule has 1 rings (SSSR count). The van der Waals surface area contributed by atoms with Crippen molar-refractivity contribution in [1.82, 2.24) is 0 Å². The van der Waals surface area contributed by atoms with E-state index in [0.717, 1.165) is 5.75 Å². The highest BCUT2D eigenvalue weighted by atomic mass is 35.5. The summed E-state index contributed by atoms with van der Waals surface area (Å²) in [6.07, 6.45) is 0. The van der Waals surface area contributed by atoms with Crippen LogP contribution in [-0.4, -0.2) is 23.5 Å². The van der Waals surface area contributed by atoms with E-state index in [4.69, 9.17) is 28.9 Å². The van der Waals surface area contributed by atoms with Crippen molar-refractivity contribution in [1.29, 1.82) is 0 Å². The molecule has 0 aliphatic heterocycles. The SMILES string of the molecule is CC(N)CSCC(=O)Nc1ccc(Cl)c(Cl)c1. The lowest BCUT2D eigenvalue weighted by molar-refractivity contribution is -0.113. The van der Waals surface area contributed by atoms with Crippen molar-refractivity contribution in [2.75, 3.05) is 16.8 Å². The molecule has 0 aliphatic carbocycles. The van der Waals surface area contributed by atoms with E-state index in [1.807, 2.05) is 6.92 Å². The molecule has 0 saturated heterocycles. The molecular weight excluding hydrogens is 279 g/mol. The highest BCUT2D eigenvalue weighted by Crippen LogP contribution is 2.25. The molecule has 0 fully saturated rings. The van der Waals surface area contributed by atoms with Gasteiger partial charge in [0.25, 0.3) is 0 Å². The van der Waals surface area contributed by atoms with Crippen LogP contribution in [0.2, 0.25) is 10.0 Å². The van der Waals surface area contributed by atoms with Gasteiger partial charge in [0.05, 0.1) is 15.8 Å². The van der Waals surface area contributed by atoms with Crippen molar-refractivity contribution in [3.63, 3.8) is 0 Å². The zero-order chi connectivity index (χ0) is 12.8. The molecule has 0 saturated carbocycles. The average Bonchev–Trinajstić information content (AvgIpc) is 2.23. The Morgan fingerprint density at radius 1 is 1.47 bits per heavy atom. The van der Waals surface area contributed by atoms with Crippen LogP contribution in [0.15, 0.2) is 18.2 Å². The van der Waals surface area contributed by atoms with Gasteiger partial charge in [-0.05, 0) is 25.1 Å². The van der Waals surface area contributed by atoms with E-state index in [-0.39, 0.29) is 11.9 Å². The van der Waals surface area contributed by atoms with Crippen molar-refractivity contribution in [2.24, 2.45) is 5.73 Å². The molecule has 3 N–H and O–H groups in total. The fourth-order valence-corrected chi connectivity index (χ4v) is 2.15. The maximum absolute atomic E-state index is 11.5. The molecule has 1 aromatic carbocycles. The second kappa shape index (κ2) is 7.11. The first-order valence-corrected chi connectivity index (χ1v) is 6.98. The van der Waals surface area contributed by atoms with Crippen molar-refractivity contribution in [3.05, 3.63) is 28.2 Å². The fourth-order valence-electron chi connectivity index (χ4n) is 1.11. The molecule has 1 atom stereocenters. The number of thioether (sulfide) groups is 1.